The third kappa shape index (κ3) is 3.71. The second-order valence-electron chi connectivity index (χ2n) is 8.06. The molecule has 30 heavy (non-hydrogen) atoms. The second kappa shape index (κ2) is 8.54. The number of rotatable bonds is 6. The molecule has 0 radical (unpaired) electrons. The van der Waals surface area contributed by atoms with Gasteiger partial charge in [0.25, 0.3) is 0 Å². The number of piperidine rings is 1. The normalized spacial score (nSPS) is 15.2. The second-order valence-corrected chi connectivity index (χ2v) is 8.06. The third-order valence-corrected chi connectivity index (χ3v) is 6.09. The summed E-state index contributed by atoms with van der Waals surface area (Å²) >= 11 is 0. The van der Waals surface area contributed by atoms with Crippen molar-refractivity contribution < 1.29 is 4.74 Å². The van der Waals surface area contributed by atoms with E-state index in [1.54, 1.807) is 0 Å². The van der Waals surface area contributed by atoms with Crippen molar-refractivity contribution in [2.45, 2.75) is 32.9 Å². The maximum absolute atomic E-state index is 5.75. The number of hydrogen-bond donors (Lipinski definition) is 1. The summed E-state index contributed by atoms with van der Waals surface area (Å²) in [6.45, 7) is 6.44. The van der Waals surface area contributed by atoms with Crippen molar-refractivity contribution >= 4 is 21.9 Å². The van der Waals surface area contributed by atoms with Crippen LogP contribution in [-0.2, 0) is 17.9 Å². The van der Waals surface area contributed by atoms with Crippen LogP contribution in [0.2, 0.25) is 0 Å². The van der Waals surface area contributed by atoms with Crippen molar-refractivity contribution in [1.82, 2.24) is 19.9 Å². The van der Waals surface area contributed by atoms with E-state index < -0.39 is 0 Å². The highest BCUT2D eigenvalue weighted by Gasteiger charge is 2.20. The zero-order chi connectivity index (χ0) is 20.3. The average Bonchev–Trinajstić information content (AvgIpc) is 3.16. The molecule has 0 amide bonds. The van der Waals surface area contributed by atoms with Crippen LogP contribution < -0.4 is 5.32 Å². The van der Waals surface area contributed by atoms with Crippen LogP contribution in [0.4, 0.5) is 0 Å². The Hall–Kier alpha value is -2.76. The summed E-state index contributed by atoms with van der Waals surface area (Å²) in [4.78, 5) is 9.66. The first-order valence-electron chi connectivity index (χ1n) is 10.9. The largest absolute Gasteiger partial charge is 0.374 e. The van der Waals surface area contributed by atoms with E-state index >= 15 is 0 Å². The molecule has 0 unspecified atom stereocenters. The predicted molar refractivity (Wildman–Crippen MR) is 121 cm³/mol. The number of fused-ring (bicyclic) bond motifs is 3. The first-order valence-corrected chi connectivity index (χ1v) is 10.9. The molecule has 0 atom stereocenters. The van der Waals surface area contributed by atoms with Gasteiger partial charge in [0.15, 0.2) is 0 Å². The number of pyridine rings is 1. The van der Waals surface area contributed by atoms with Crippen molar-refractivity contribution in [2.75, 3.05) is 19.7 Å². The van der Waals surface area contributed by atoms with E-state index in [1.165, 1.54) is 29.5 Å². The first-order chi connectivity index (χ1) is 14.8. The molecule has 0 aliphatic carbocycles. The molecular formula is C25H28N4O. The summed E-state index contributed by atoms with van der Waals surface area (Å²) in [6.07, 6.45) is 4.32. The molecule has 5 rings (SSSR count). The van der Waals surface area contributed by atoms with Crippen LogP contribution >= 0.6 is 0 Å². The summed E-state index contributed by atoms with van der Waals surface area (Å²) in [5.74, 6) is 1.67. The summed E-state index contributed by atoms with van der Waals surface area (Å²) in [7, 11) is 0. The van der Waals surface area contributed by atoms with Crippen LogP contribution in [0.3, 0.4) is 0 Å². The Bertz CT molecular complexity index is 1150. The quantitative estimate of drug-likeness (QED) is 0.506. The van der Waals surface area contributed by atoms with Gasteiger partial charge in [-0.25, -0.2) is 4.98 Å². The molecule has 154 valence electrons. The maximum atomic E-state index is 5.75. The van der Waals surface area contributed by atoms with Crippen LogP contribution in [0.1, 0.15) is 25.6 Å². The Labute approximate surface area is 177 Å². The summed E-state index contributed by atoms with van der Waals surface area (Å²) in [5.41, 5.74) is 5.56. The molecule has 1 N–H and O–H groups in total. The lowest BCUT2D eigenvalue weighted by atomic mass is 9.98. The third-order valence-electron chi connectivity index (χ3n) is 6.09. The van der Waals surface area contributed by atoms with E-state index in [2.05, 4.69) is 52.3 Å². The molecule has 0 saturated carbocycles. The zero-order valence-corrected chi connectivity index (χ0v) is 17.5. The minimum atomic E-state index is 0.541. The SMILES string of the molecule is CCOCc1nc2cnc3cc(-c4ccccc4)ccc3c2n1CC1CCNCC1. The number of aromatic nitrogens is 3. The standard InChI is InChI=1S/C25H28N4O/c1-2-30-17-24-28-23-15-27-22-14-20(19-6-4-3-5-7-19)8-9-21(22)25(23)29(24)16-18-10-12-26-13-11-18/h3-9,14-15,18,26H,2,10-13,16-17H2,1H3. The molecule has 5 nitrogen and oxygen atoms in total. The van der Waals surface area contributed by atoms with Crippen LogP contribution in [0, 0.1) is 5.92 Å². The molecule has 1 saturated heterocycles. The molecule has 0 spiro atoms. The Balaban J connectivity index is 1.62. The van der Waals surface area contributed by atoms with Gasteiger partial charge in [-0.15, -0.1) is 0 Å². The number of nitrogens with one attached hydrogen (secondary N) is 1. The van der Waals surface area contributed by atoms with Gasteiger partial charge in [-0.2, -0.15) is 0 Å². The van der Waals surface area contributed by atoms with E-state index in [0.29, 0.717) is 19.1 Å². The molecule has 1 aliphatic heterocycles. The predicted octanol–water partition coefficient (Wildman–Crippen LogP) is 4.79. The zero-order valence-electron chi connectivity index (χ0n) is 17.5. The van der Waals surface area contributed by atoms with Gasteiger partial charge < -0.3 is 14.6 Å². The summed E-state index contributed by atoms with van der Waals surface area (Å²) in [6, 6.07) is 17.1. The molecule has 4 aromatic rings. The number of hydrogen-bond acceptors (Lipinski definition) is 4. The Morgan fingerprint density at radius 1 is 1.03 bits per heavy atom. The highest BCUT2D eigenvalue weighted by Crippen LogP contribution is 2.30. The smallest absolute Gasteiger partial charge is 0.136 e. The minimum Gasteiger partial charge on any atom is -0.374 e. The van der Waals surface area contributed by atoms with Crippen molar-refractivity contribution in [3.63, 3.8) is 0 Å². The van der Waals surface area contributed by atoms with Crippen molar-refractivity contribution in [3.8, 4) is 11.1 Å². The topological polar surface area (TPSA) is 52.0 Å². The minimum absolute atomic E-state index is 0.541. The van der Waals surface area contributed by atoms with Gasteiger partial charge in [0.2, 0.25) is 0 Å². The summed E-state index contributed by atoms with van der Waals surface area (Å²) in [5, 5.41) is 4.64. The lowest BCUT2D eigenvalue weighted by molar-refractivity contribution is 0.125. The molecule has 1 fully saturated rings. The highest BCUT2D eigenvalue weighted by molar-refractivity contribution is 6.03. The fourth-order valence-corrected chi connectivity index (χ4v) is 4.50. The summed E-state index contributed by atoms with van der Waals surface area (Å²) < 4.78 is 8.15. The van der Waals surface area contributed by atoms with Gasteiger partial charge >= 0.3 is 0 Å². The molecule has 2 aromatic carbocycles. The number of nitrogens with zero attached hydrogens (tertiary/aromatic N) is 3. The fraction of sp³-hybridized carbons (Fsp3) is 0.360. The lowest BCUT2D eigenvalue weighted by Crippen LogP contribution is -2.30. The fourth-order valence-electron chi connectivity index (χ4n) is 4.50. The first kappa shape index (κ1) is 19.2. The van der Waals surface area contributed by atoms with Crippen molar-refractivity contribution in [3.05, 3.63) is 60.6 Å². The monoisotopic (exact) mass is 400 g/mol. The van der Waals surface area contributed by atoms with E-state index in [4.69, 9.17) is 14.7 Å². The van der Waals surface area contributed by atoms with Gasteiger partial charge in [-0.05, 0) is 56.0 Å². The highest BCUT2D eigenvalue weighted by atomic mass is 16.5. The Morgan fingerprint density at radius 3 is 2.67 bits per heavy atom. The van der Waals surface area contributed by atoms with Crippen LogP contribution in [-0.4, -0.2) is 34.2 Å². The molecule has 0 bridgehead atoms. The molecule has 1 aliphatic rings. The van der Waals surface area contributed by atoms with E-state index in [1.807, 2.05) is 19.2 Å². The van der Waals surface area contributed by atoms with Crippen molar-refractivity contribution in [2.24, 2.45) is 5.92 Å². The van der Waals surface area contributed by atoms with Gasteiger partial charge in [-0.3, -0.25) is 4.98 Å². The van der Waals surface area contributed by atoms with Crippen molar-refractivity contribution in [1.29, 1.82) is 0 Å². The Kier molecular flexibility index (Phi) is 5.47. The number of imidazole rings is 1. The molecular weight excluding hydrogens is 372 g/mol. The average molecular weight is 401 g/mol. The van der Waals surface area contributed by atoms with Gasteiger partial charge in [0.1, 0.15) is 17.9 Å². The number of ether oxygens (including phenoxy) is 1. The van der Waals surface area contributed by atoms with Gasteiger partial charge in [0, 0.05) is 18.5 Å². The van der Waals surface area contributed by atoms with Gasteiger partial charge in [-0.1, -0.05) is 42.5 Å². The van der Waals surface area contributed by atoms with E-state index in [-0.39, 0.29) is 0 Å². The van der Waals surface area contributed by atoms with Crippen LogP contribution in [0.5, 0.6) is 0 Å². The van der Waals surface area contributed by atoms with Gasteiger partial charge in [0.05, 0.1) is 17.2 Å². The molecule has 5 heteroatoms. The molecule has 3 heterocycles. The number of benzene rings is 2. The van der Waals surface area contributed by atoms with Crippen LogP contribution in [0.25, 0.3) is 33.1 Å². The molecule has 2 aromatic heterocycles. The van der Waals surface area contributed by atoms with Crippen LogP contribution in [0.15, 0.2) is 54.7 Å². The Morgan fingerprint density at radius 2 is 1.87 bits per heavy atom. The lowest BCUT2D eigenvalue weighted by Gasteiger charge is -2.24. The van der Waals surface area contributed by atoms with E-state index in [9.17, 15) is 0 Å². The van der Waals surface area contributed by atoms with E-state index in [0.717, 1.165) is 41.9 Å². The maximum Gasteiger partial charge on any atom is 0.136 e.